The number of ether oxygens (including phenoxy) is 1. The van der Waals surface area contributed by atoms with Crippen molar-refractivity contribution in [1.82, 2.24) is 10.0 Å². The first-order valence-corrected chi connectivity index (χ1v) is 5.71. The van der Waals surface area contributed by atoms with Gasteiger partial charge < -0.3 is 4.74 Å². The van der Waals surface area contributed by atoms with E-state index < -0.39 is 0 Å². The minimum atomic E-state index is 0.515. The number of halogens is 1. The van der Waals surface area contributed by atoms with Crippen LogP contribution in [-0.2, 0) is 0 Å². The van der Waals surface area contributed by atoms with Gasteiger partial charge in [0.25, 0.3) is 0 Å². The highest BCUT2D eigenvalue weighted by Gasteiger charge is 2.18. The summed E-state index contributed by atoms with van der Waals surface area (Å²) in [6.45, 7) is 4.45. The van der Waals surface area contributed by atoms with Crippen molar-refractivity contribution in [2.75, 3.05) is 20.7 Å². The van der Waals surface area contributed by atoms with Crippen molar-refractivity contribution in [3.63, 3.8) is 0 Å². The summed E-state index contributed by atoms with van der Waals surface area (Å²) >= 11 is 5.81. The minimum absolute atomic E-state index is 0.515. The Bertz CT molecular complexity index is 453. The molecule has 1 aliphatic rings. The third kappa shape index (κ3) is 2.56. The van der Waals surface area contributed by atoms with Gasteiger partial charge in [0.2, 0.25) is 0 Å². The molecule has 1 heterocycles. The van der Waals surface area contributed by atoms with Crippen LogP contribution in [0.4, 0.5) is 0 Å². The molecule has 3 nitrogen and oxygen atoms in total. The van der Waals surface area contributed by atoms with E-state index >= 15 is 0 Å². The summed E-state index contributed by atoms with van der Waals surface area (Å²) in [5.41, 5.74) is 2.04. The summed E-state index contributed by atoms with van der Waals surface area (Å²) in [7, 11) is 3.95. The van der Waals surface area contributed by atoms with E-state index in [1.165, 1.54) is 0 Å². The third-order valence-electron chi connectivity index (χ3n) is 2.81. The van der Waals surface area contributed by atoms with Crippen LogP contribution in [0.15, 0.2) is 48.3 Å². The standard InChI is InChI=1S/C13H15ClN2O/c1-10-8-12(16(3)15(10)2)9-17-13-6-4-11(14)5-7-13/h4-8H,1,9H2,2-3H3. The topological polar surface area (TPSA) is 15.7 Å². The van der Waals surface area contributed by atoms with Crippen molar-refractivity contribution in [3.05, 3.63) is 53.3 Å². The van der Waals surface area contributed by atoms with Crippen LogP contribution in [0.25, 0.3) is 0 Å². The molecule has 0 fully saturated rings. The maximum atomic E-state index is 5.81. The van der Waals surface area contributed by atoms with Crippen LogP contribution < -0.4 is 4.74 Å². The van der Waals surface area contributed by atoms with E-state index in [1.807, 2.05) is 54.5 Å². The molecule has 0 amide bonds. The van der Waals surface area contributed by atoms with Gasteiger partial charge in [-0.05, 0) is 30.3 Å². The predicted molar refractivity (Wildman–Crippen MR) is 69.7 cm³/mol. The van der Waals surface area contributed by atoms with Crippen LogP contribution in [0.3, 0.4) is 0 Å². The molecule has 0 radical (unpaired) electrons. The van der Waals surface area contributed by atoms with Crippen LogP contribution >= 0.6 is 11.6 Å². The number of hydrogen-bond donors (Lipinski definition) is 0. The van der Waals surface area contributed by atoms with Crippen molar-refractivity contribution in [1.29, 1.82) is 0 Å². The average Bonchev–Trinajstić information content (AvgIpc) is 2.56. The van der Waals surface area contributed by atoms with E-state index in [0.717, 1.165) is 17.1 Å². The van der Waals surface area contributed by atoms with Gasteiger partial charge in [0, 0.05) is 19.1 Å². The lowest BCUT2D eigenvalue weighted by molar-refractivity contribution is 0.117. The molecule has 0 bridgehead atoms. The molecule has 0 atom stereocenters. The van der Waals surface area contributed by atoms with Crippen molar-refractivity contribution >= 4 is 11.6 Å². The second-order valence-corrected chi connectivity index (χ2v) is 4.35. The van der Waals surface area contributed by atoms with E-state index in [1.54, 1.807) is 0 Å². The van der Waals surface area contributed by atoms with Crippen molar-refractivity contribution in [2.45, 2.75) is 0 Å². The lowest BCUT2D eigenvalue weighted by Crippen LogP contribution is -2.30. The lowest BCUT2D eigenvalue weighted by atomic mass is 10.3. The molecular formula is C13H15ClN2O. The monoisotopic (exact) mass is 250 g/mol. The van der Waals surface area contributed by atoms with Gasteiger partial charge in [0.05, 0.1) is 11.4 Å². The van der Waals surface area contributed by atoms with Crippen LogP contribution in [0, 0.1) is 0 Å². The Labute approximate surface area is 107 Å². The molecule has 1 aliphatic heterocycles. The van der Waals surface area contributed by atoms with Crippen molar-refractivity contribution < 1.29 is 4.74 Å². The fourth-order valence-electron chi connectivity index (χ4n) is 1.59. The van der Waals surface area contributed by atoms with Gasteiger partial charge in [-0.2, -0.15) is 0 Å². The van der Waals surface area contributed by atoms with E-state index in [0.29, 0.717) is 11.6 Å². The molecule has 0 spiro atoms. The zero-order valence-corrected chi connectivity index (χ0v) is 10.7. The number of hydrazine groups is 1. The second kappa shape index (κ2) is 4.72. The van der Waals surface area contributed by atoms with Crippen molar-refractivity contribution in [2.24, 2.45) is 0 Å². The fraction of sp³-hybridized carbons (Fsp3) is 0.231. The number of rotatable bonds is 3. The number of allylic oxidation sites excluding steroid dienone is 1. The Kier molecular flexibility index (Phi) is 3.29. The molecule has 4 heteroatoms. The average molecular weight is 251 g/mol. The van der Waals surface area contributed by atoms with Gasteiger partial charge in [0.15, 0.2) is 0 Å². The lowest BCUT2D eigenvalue weighted by Gasteiger charge is -2.26. The fourth-order valence-corrected chi connectivity index (χ4v) is 1.71. The Hall–Kier alpha value is -1.61. The van der Waals surface area contributed by atoms with E-state index in [9.17, 15) is 0 Å². The smallest absolute Gasteiger partial charge is 0.130 e. The Morgan fingerprint density at radius 2 is 1.82 bits per heavy atom. The van der Waals surface area contributed by atoms with Gasteiger partial charge in [-0.15, -0.1) is 0 Å². The minimum Gasteiger partial charge on any atom is -0.487 e. The van der Waals surface area contributed by atoms with E-state index in [2.05, 4.69) is 6.58 Å². The predicted octanol–water partition coefficient (Wildman–Crippen LogP) is 2.91. The van der Waals surface area contributed by atoms with Gasteiger partial charge in [-0.1, -0.05) is 18.2 Å². The molecule has 0 saturated heterocycles. The summed E-state index contributed by atoms with van der Waals surface area (Å²) < 4.78 is 5.68. The summed E-state index contributed by atoms with van der Waals surface area (Å²) in [5.74, 6) is 0.809. The molecule has 2 rings (SSSR count). The Morgan fingerprint density at radius 3 is 2.35 bits per heavy atom. The first-order chi connectivity index (χ1) is 8.08. The van der Waals surface area contributed by atoms with Gasteiger partial charge in [0.1, 0.15) is 12.4 Å². The summed E-state index contributed by atoms with van der Waals surface area (Å²) in [6.07, 6.45) is 2.01. The van der Waals surface area contributed by atoms with Crippen molar-refractivity contribution in [3.8, 4) is 5.75 Å². The van der Waals surface area contributed by atoms with Crippen LogP contribution in [0.5, 0.6) is 5.75 Å². The zero-order valence-electron chi connectivity index (χ0n) is 9.98. The molecule has 90 valence electrons. The largest absolute Gasteiger partial charge is 0.487 e. The van der Waals surface area contributed by atoms with Gasteiger partial charge in [-0.3, -0.25) is 10.0 Å². The van der Waals surface area contributed by atoms with E-state index in [4.69, 9.17) is 16.3 Å². The van der Waals surface area contributed by atoms with Crippen LogP contribution in [0.2, 0.25) is 5.02 Å². The maximum Gasteiger partial charge on any atom is 0.130 e. The molecule has 0 aromatic heterocycles. The summed E-state index contributed by atoms with van der Waals surface area (Å²) in [4.78, 5) is 0. The second-order valence-electron chi connectivity index (χ2n) is 3.92. The van der Waals surface area contributed by atoms with Gasteiger partial charge >= 0.3 is 0 Å². The number of hydrogen-bond acceptors (Lipinski definition) is 3. The number of benzene rings is 1. The third-order valence-corrected chi connectivity index (χ3v) is 3.07. The highest BCUT2D eigenvalue weighted by Crippen LogP contribution is 2.22. The van der Waals surface area contributed by atoms with Gasteiger partial charge in [-0.25, -0.2) is 0 Å². The summed E-state index contributed by atoms with van der Waals surface area (Å²) in [5, 5.41) is 4.70. The molecule has 17 heavy (non-hydrogen) atoms. The Morgan fingerprint density at radius 1 is 1.18 bits per heavy atom. The number of nitrogens with zero attached hydrogens (tertiary/aromatic N) is 2. The van der Waals surface area contributed by atoms with E-state index in [-0.39, 0.29) is 0 Å². The normalized spacial score (nSPS) is 15.2. The maximum absolute atomic E-state index is 5.81. The quantitative estimate of drug-likeness (QED) is 0.821. The highest BCUT2D eigenvalue weighted by molar-refractivity contribution is 6.30. The number of likely N-dealkylation sites (N-methyl/N-ethyl adjacent to an activating group) is 2. The molecule has 0 unspecified atom stereocenters. The first-order valence-electron chi connectivity index (χ1n) is 5.33. The molecule has 0 aliphatic carbocycles. The molecule has 0 saturated carbocycles. The first kappa shape index (κ1) is 11.9. The van der Waals surface area contributed by atoms with Crippen LogP contribution in [-0.4, -0.2) is 30.7 Å². The Balaban J connectivity index is 1.97. The highest BCUT2D eigenvalue weighted by atomic mass is 35.5. The molecule has 1 aromatic carbocycles. The molecular weight excluding hydrogens is 236 g/mol. The molecule has 0 N–H and O–H groups in total. The summed E-state index contributed by atoms with van der Waals surface area (Å²) in [6, 6.07) is 7.34. The molecule has 1 aromatic rings. The zero-order chi connectivity index (χ0) is 12.4. The van der Waals surface area contributed by atoms with Crippen LogP contribution in [0.1, 0.15) is 0 Å². The SMILES string of the molecule is C=C1C=C(COc2ccc(Cl)cc2)N(C)N1C.